The van der Waals surface area contributed by atoms with Gasteiger partial charge in [-0.3, -0.25) is 0 Å². The first-order valence-corrected chi connectivity index (χ1v) is 5.50. The Morgan fingerprint density at radius 2 is 1.76 bits per heavy atom. The largest absolute Gasteiger partial charge is 0.392 e. The van der Waals surface area contributed by atoms with Crippen molar-refractivity contribution >= 4 is 11.0 Å². The molecule has 2 N–H and O–H groups in total. The van der Waals surface area contributed by atoms with Crippen molar-refractivity contribution < 1.29 is 5.11 Å². The average molecular weight is 224 g/mol. The van der Waals surface area contributed by atoms with E-state index in [0.29, 0.717) is 0 Å². The minimum absolute atomic E-state index is 0.0832. The molecule has 0 aliphatic carbocycles. The molecule has 0 aliphatic rings. The van der Waals surface area contributed by atoms with Crippen LogP contribution in [0.1, 0.15) is 5.56 Å². The van der Waals surface area contributed by atoms with Gasteiger partial charge < -0.3 is 10.1 Å². The molecule has 84 valence electrons. The van der Waals surface area contributed by atoms with Crippen molar-refractivity contribution in [1.82, 2.24) is 9.97 Å². The molecule has 0 spiro atoms. The summed E-state index contributed by atoms with van der Waals surface area (Å²) in [5, 5.41) is 9.00. The molecule has 3 heteroatoms. The second-order valence-corrected chi connectivity index (χ2v) is 3.99. The van der Waals surface area contributed by atoms with Gasteiger partial charge in [0.05, 0.1) is 24.0 Å². The first kappa shape index (κ1) is 10.1. The highest BCUT2D eigenvalue weighted by Gasteiger charge is 2.01. The van der Waals surface area contributed by atoms with Gasteiger partial charge in [-0.1, -0.05) is 30.3 Å². The minimum atomic E-state index is 0.0832. The van der Waals surface area contributed by atoms with Crippen molar-refractivity contribution in [3.63, 3.8) is 0 Å². The van der Waals surface area contributed by atoms with E-state index in [9.17, 15) is 0 Å². The van der Waals surface area contributed by atoms with Gasteiger partial charge in [-0.2, -0.15) is 0 Å². The second-order valence-electron chi connectivity index (χ2n) is 3.99. The standard InChI is InChI=1S/C14H12N2O/c17-8-10-1-3-11(4-2-10)12-5-6-13-14(7-12)16-9-15-13/h1-7,9,17H,8H2,(H,15,16). The molecule has 3 aromatic rings. The maximum atomic E-state index is 9.00. The van der Waals surface area contributed by atoms with Crippen LogP contribution in [0.25, 0.3) is 22.2 Å². The molecule has 0 atom stereocenters. The molecule has 1 heterocycles. The third-order valence-corrected chi connectivity index (χ3v) is 2.89. The summed E-state index contributed by atoms with van der Waals surface area (Å²) in [6.45, 7) is 0.0832. The van der Waals surface area contributed by atoms with Crippen LogP contribution in [0, 0.1) is 0 Å². The van der Waals surface area contributed by atoms with E-state index in [1.165, 1.54) is 0 Å². The number of H-pyrrole nitrogens is 1. The highest BCUT2D eigenvalue weighted by molar-refractivity contribution is 5.81. The van der Waals surface area contributed by atoms with Gasteiger partial charge in [0.2, 0.25) is 0 Å². The molecule has 2 aromatic carbocycles. The molecule has 0 saturated heterocycles. The fourth-order valence-corrected chi connectivity index (χ4v) is 1.92. The zero-order chi connectivity index (χ0) is 11.7. The summed E-state index contributed by atoms with van der Waals surface area (Å²) in [4.78, 5) is 7.29. The van der Waals surface area contributed by atoms with Crippen molar-refractivity contribution in [3.8, 4) is 11.1 Å². The summed E-state index contributed by atoms with van der Waals surface area (Å²) in [5.41, 5.74) is 5.22. The van der Waals surface area contributed by atoms with Crippen molar-refractivity contribution in [2.45, 2.75) is 6.61 Å². The predicted octanol–water partition coefficient (Wildman–Crippen LogP) is 2.72. The van der Waals surface area contributed by atoms with E-state index in [1.54, 1.807) is 6.33 Å². The average Bonchev–Trinajstić information content (AvgIpc) is 2.86. The highest BCUT2D eigenvalue weighted by Crippen LogP contribution is 2.23. The van der Waals surface area contributed by atoms with Gasteiger partial charge in [0.1, 0.15) is 0 Å². The quantitative estimate of drug-likeness (QED) is 0.703. The zero-order valence-corrected chi connectivity index (χ0v) is 9.22. The molecular formula is C14H12N2O. The van der Waals surface area contributed by atoms with E-state index < -0.39 is 0 Å². The van der Waals surface area contributed by atoms with Gasteiger partial charge in [-0.15, -0.1) is 0 Å². The first-order chi connectivity index (χ1) is 8.36. The number of hydrogen-bond acceptors (Lipinski definition) is 2. The summed E-state index contributed by atoms with van der Waals surface area (Å²) in [6, 6.07) is 14.0. The molecule has 17 heavy (non-hydrogen) atoms. The lowest BCUT2D eigenvalue weighted by atomic mass is 10.0. The molecule has 0 bridgehead atoms. The van der Waals surface area contributed by atoms with Crippen LogP contribution in [0.4, 0.5) is 0 Å². The smallest absolute Gasteiger partial charge is 0.0931 e. The number of nitrogens with one attached hydrogen (secondary N) is 1. The van der Waals surface area contributed by atoms with Crippen molar-refractivity contribution in [3.05, 3.63) is 54.4 Å². The van der Waals surface area contributed by atoms with E-state index in [-0.39, 0.29) is 6.61 Å². The Kier molecular flexibility index (Phi) is 2.38. The third kappa shape index (κ3) is 1.81. The predicted molar refractivity (Wildman–Crippen MR) is 67.5 cm³/mol. The Balaban J connectivity index is 2.06. The third-order valence-electron chi connectivity index (χ3n) is 2.89. The van der Waals surface area contributed by atoms with E-state index in [0.717, 1.165) is 27.7 Å². The molecule has 0 unspecified atom stereocenters. The molecule has 3 nitrogen and oxygen atoms in total. The maximum Gasteiger partial charge on any atom is 0.0931 e. The highest BCUT2D eigenvalue weighted by atomic mass is 16.3. The molecule has 0 fully saturated rings. The van der Waals surface area contributed by atoms with Crippen LogP contribution in [-0.4, -0.2) is 15.1 Å². The zero-order valence-electron chi connectivity index (χ0n) is 9.22. The van der Waals surface area contributed by atoms with E-state index >= 15 is 0 Å². The number of hydrogen-bond donors (Lipinski definition) is 2. The molecule has 0 amide bonds. The van der Waals surface area contributed by atoms with Crippen LogP contribution in [0.2, 0.25) is 0 Å². The summed E-state index contributed by atoms with van der Waals surface area (Å²) in [7, 11) is 0. The number of imidazole rings is 1. The molecule has 1 aromatic heterocycles. The molecule has 0 saturated carbocycles. The van der Waals surface area contributed by atoms with Crippen LogP contribution in [0.3, 0.4) is 0 Å². The van der Waals surface area contributed by atoms with Gasteiger partial charge in [0.25, 0.3) is 0 Å². The molecular weight excluding hydrogens is 212 g/mol. The number of aliphatic hydroxyl groups excluding tert-OH is 1. The lowest BCUT2D eigenvalue weighted by Gasteiger charge is -2.03. The van der Waals surface area contributed by atoms with Crippen LogP contribution in [0.15, 0.2) is 48.8 Å². The monoisotopic (exact) mass is 224 g/mol. The van der Waals surface area contributed by atoms with E-state index in [2.05, 4.69) is 22.1 Å². The van der Waals surface area contributed by atoms with Crippen molar-refractivity contribution in [1.29, 1.82) is 0 Å². The summed E-state index contributed by atoms with van der Waals surface area (Å²) < 4.78 is 0. The number of nitrogens with zero attached hydrogens (tertiary/aromatic N) is 1. The van der Waals surface area contributed by atoms with Crippen LogP contribution in [0.5, 0.6) is 0 Å². The van der Waals surface area contributed by atoms with Gasteiger partial charge in [-0.25, -0.2) is 4.98 Å². The van der Waals surface area contributed by atoms with Gasteiger partial charge >= 0.3 is 0 Å². The topological polar surface area (TPSA) is 48.9 Å². The normalized spacial score (nSPS) is 10.9. The summed E-state index contributed by atoms with van der Waals surface area (Å²) >= 11 is 0. The number of aliphatic hydroxyl groups is 1. The minimum Gasteiger partial charge on any atom is -0.392 e. The summed E-state index contributed by atoms with van der Waals surface area (Å²) in [5.74, 6) is 0. The van der Waals surface area contributed by atoms with Gasteiger partial charge in [0.15, 0.2) is 0 Å². The van der Waals surface area contributed by atoms with Gasteiger partial charge in [0, 0.05) is 0 Å². The van der Waals surface area contributed by atoms with E-state index in [1.807, 2.05) is 30.3 Å². The maximum absolute atomic E-state index is 9.00. The Hall–Kier alpha value is -2.13. The fourth-order valence-electron chi connectivity index (χ4n) is 1.92. The fraction of sp³-hybridized carbons (Fsp3) is 0.0714. The van der Waals surface area contributed by atoms with Crippen molar-refractivity contribution in [2.24, 2.45) is 0 Å². The lowest BCUT2D eigenvalue weighted by molar-refractivity contribution is 0.282. The lowest BCUT2D eigenvalue weighted by Crippen LogP contribution is -1.83. The Morgan fingerprint density at radius 3 is 2.53 bits per heavy atom. The Morgan fingerprint density at radius 1 is 1.00 bits per heavy atom. The van der Waals surface area contributed by atoms with E-state index in [4.69, 9.17) is 5.11 Å². The molecule has 3 rings (SSSR count). The first-order valence-electron chi connectivity index (χ1n) is 5.50. The van der Waals surface area contributed by atoms with Gasteiger partial charge in [-0.05, 0) is 28.8 Å². The molecule has 0 aliphatic heterocycles. The number of aromatic nitrogens is 2. The Bertz CT molecular complexity index is 641. The SMILES string of the molecule is OCc1ccc(-c2ccc3nc[nH]c3c2)cc1. The number of fused-ring (bicyclic) bond motifs is 1. The number of benzene rings is 2. The Labute approximate surface area is 98.8 Å². The number of aromatic amines is 1. The summed E-state index contributed by atoms with van der Waals surface area (Å²) in [6.07, 6.45) is 1.70. The number of rotatable bonds is 2. The van der Waals surface area contributed by atoms with Crippen LogP contribution < -0.4 is 0 Å². The van der Waals surface area contributed by atoms with Crippen LogP contribution in [-0.2, 0) is 6.61 Å². The second kappa shape index (κ2) is 4.03. The molecule has 0 radical (unpaired) electrons. The van der Waals surface area contributed by atoms with Crippen LogP contribution >= 0.6 is 0 Å². The van der Waals surface area contributed by atoms with Crippen molar-refractivity contribution in [2.75, 3.05) is 0 Å².